The number of amides is 1. The standard InChI is InChI=1S/C20H23N3O3/c1-4-23-17-12-15(25-3)9-10-16(17)18(21)19(23)13-7-6-8-14(11-13)22-20(24)26-5-2/h6-12H,4-5,21H2,1-3H3,(H,22,24). The highest BCUT2D eigenvalue weighted by atomic mass is 16.5. The lowest BCUT2D eigenvalue weighted by Crippen LogP contribution is -2.13. The Morgan fingerprint density at radius 1 is 1.19 bits per heavy atom. The molecule has 3 rings (SSSR count). The van der Waals surface area contributed by atoms with Crippen molar-refractivity contribution in [2.45, 2.75) is 20.4 Å². The molecule has 3 aromatic rings. The smallest absolute Gasteiger partial charge is 0.411 e. The molecule has 0 spiro atoms. The summed E-state index contributed by atoms with van der Waals surface area (Å²) in [5.74, 6) is 0.786. The zero-order valence-electron chi connectivity index (χ0n) is 15.2. The highest BCUT2D eigenvalue weighted by Gasteiger charge is 2.17. The summed E-state index contributed by atoms with van der Waals surface area (Å²) in [6, 6.07) is 13.4. The van der Waals surface area contributed by atoms with Gasteiger partial charge in [-0.2, -0.15) is 0 Å². The minimum atomic E-state index is -0.474. The molecule has 0 atom stereocenters. The Morgan fingerprint density at radius 2 is 2.00 bits per heavy atom. The summed E-state index contributed by atoms with van der Waals surface area (Å²) in [6.07, 6.45) is -0.474. The van der Waals surface area contributed by atoms with E-state index in [1.54, 1.807) is 14.0 Å². The monoisotopic (exact) mass is 353 g/mol. The Morgan fingerprint density at radius 3 is 2.69 bits per heavy atom. The molecule has 1 heterocycles. The number of methoxy groups -OCH3 is 1. The molecule has 6 nitrogen and oxygen atoms in total. The number of nitrogens with two attached hydrogens (primary N) is 1. The first-order valence-corrected chi connectivity index (χ1v) is 8.59. The van der Waals surface area contributed by atoms with Crippen molar-refractivity contribution in [3.63, 3.8) is 0 Å². The fraction of sp³-hybridized carbons (Fsp3) is 0.250. The maximum atomic E-state index is 11.7. The number of hydrogen-bond donors (Lipinski definition) is 2. The number of hydrogen-bond acceptors (Lipinski definition) is 4. The number of nitrogens with zero attached hydrogens (tertiary/aromatic N) is 1. The van der Waals surface area contributed by atoms with Gasteiger partial charge >= 0.3 is 6.09 Å². The van der Waals surface area contributed by atoms with Crippen LogP contribution >= 0.6 is 0 Å². The number of nitrogens with one attached hydrogen (secondary N) is 1. The second-order valence-electron chi connectivity index (χ2n) is 5.82. The predicted molar refractivity (Wildman–Crippen MR) is 105 cm³/mol. The average Bonchev–Trinajstić information content (AvgIpc) is 2.93. The van der Waals surface area contributed by atoms with Crippen LogP contribution in [0.5, 0.6) is 5.75 Å². The Labute approximate surface area is 152 Å². The van der Waals surface area contributed by atoms with Crippen molar-refractivity contribution < 1.29 is 14.3 Å². The van der Waals surface area contributed by atoms with Gasteiger partial charge in [0.2, 0.25) is 0 Å². The first-order valence-electron chi connectivity index (χ1n) is 8.59. The molecule has 0 radical (unpaired) electrons. The van der Waals surface area contributed by atoms with Gasteiger partial charge in [0, 0.05) is 29.2 Å². The predicted octanol–water partition coefficient (Wildman–Crippen LogP) is 4.49. The molecule has 1 amide bonds. The molecule has 0 unspecified atom stereocenters. The van der Waals surface area contributed by atoms with E-state index in [1.807, 2.05) is 42.5 Å². The Bertz CT molecular complexity index is 947. The normalized spacial score (nSPS) is 10.7. The van der Waals surface area contributed by atoms with Crippen LogP contribution in [0.2, 0.25) is 0 Å². The SMILES string of the molecule is CCOC(=O)Nc1cccc(-c2c(N)c3ccc(OC)cc3n2CC)c1. The first-order chi connectivity index (χ1) is 12.6. The Balaban J connectivity index is 2.10. The van der Waals surface area contributed by atoms with Crippen molar-refractivity contribution in [2.75, 3.05) is 24.8 Å². The third-order valence-corrected chi connectivity index (χ3v) is 4.28. The van der Waals surface area contributed by atoms with E-state index < -0.39 is 6.09 Å². The number of carbonyl (C=O) groups excluding carboxylic acids is 1. The van der Waals surface area contributed by atoms with Crippen LogP contribution in [0.4, 0.5) is 16.2 Å². The number of benzene rings is 2. The van der Waals surface area contributed by atoms with Gasteiger partial charge < -0.3 is 19.8 Å². The van der Waals surface area contributed by atoms with Crippen molar-refractivity contribution in [3.8, 4) is 17.0 Å². The van der Waals surface area contributed by atoms with E-state index in [0.717, 1.165) is 34.5 Å². The number of anilines is 2. The average molecular weight is 353 g/mol. The van der Waals surface area contributed by atoms with Crippen LogP contribution in [-0.2, 0) is 11.3 Å². The van der Waals surface area contributed by atoms with Crippen LogP contribution in [0.3, 0.4) is 0 Å². The van der Waals surface area contributed by atoms with Crippen molar-refractivity contribution >= 4 is 28.4 Å². The van der Waals surface area contributed by atoms with E-state index in [1.165, 1.54) is 0 Å². The van der Waals surface area contributed by atoms with Gasteiger partial charge in [-0.25, -0.2) is 4.79 Å². The van der Waals surface area contributed by atoms with Crippen LogP contribution in [0.25, 0.3) is 22.2 Å². The lowest BCUT2D eigenvalue weighted by atomic mass is 10.1. The Kier molecular flexibility index (Phi) is 5.02. The Hall–Kier alpha value is -3.15. The summed E-state index contributed by atoms with van der Waals surface area (Å²) in [5, 5.41) is 3.71. The lowest BCUT2D eigenvalue weighted by molar-refractivity contribution is 0.168. The highest BCUT2D eigenvalue weighted by molar-refractivity contribution is 6.01. The summed E-state index contributed by atoms with van der Waals surface area (Å²) in [5.41, 5.74) is 10.7. The molecule has 0 saturated carbocycles. The maximum absolute atomic E-state index is 11.7. The molecule has 0 aliphatic rings. The van der Waals surface area contributed by atoms with E-state index in [0.29, 0.717) is 18.0 Å². The van der Waals surface area contributed by atoms with Gasteiger partial charge in [0.05, 0.1) is 30.6 Å². The zero-order chi connectivity index (χ0) is 18.7. The van der Waals surface area contributed by atoms with Gasteiger partial charge in [0.15, 0.2) is 0 Å². The van der Waals surface area contributed by atoms with Crippen LogP contribution < -0.4 is 15.8 Å². The minimum Gasteiger partial charge on any atom is -0.497 e. The fourth-order valence-corrected chi connectivity index (χ4v) is 3.15. The molecule has 6 heteroatoms. The summed E-state index contributed by atoms with van der Waals surface area (Å²) in [6.45, 7) is 4.92. The van der Waals surface area contributed by atoms with Crippen molar-refractivity contribution in [3.05, 3.63) is 42.5 Å². The molecule has 1 aromatic heterocycles. The molecule has 0 aliphatic carbocycles. The van der Waals surface area contributed by atoms with Gasteiger partial charge in [-0.15, -0.1) is 0 Å². The van der Waals surface area contributed by atoms with Crippen LogP contribution in [-0.4, -0.2) is 24.4 Å². The molecule has 0 aliphatic heterocycles. The number of ether oxygens (including phenoxy) is 2. The highest BCUT2D eigenvalue weighted by Crippen LogP contribution is 2.38. The zero-order valence-corrected chi connectivity index (χ0v) is 15.2. The van der Waals surface area contributed by atoms with Crippen molar-refractivity contribution in [2.24, 2.45) is 0 Å². The maximum Gasteiger partial charge on any atom is 0.411 e. The first kappa shape index (κ1) is 17.7. The quantitative estimate of drug-likeness (QED) is 0.708. The number of aromatic nitrogens is 1. The van der Waals surface area contributed by atoms with Gasteiger partial charge in [-0.1, -0.05) is 12.1 Å². The second kappa shape index (κ2) is 7.39. The number of fused-ring (bicyclic) bond motifs is 1. The summed E-state index contributed by atoms with van der Waals surface area (Å²) in [7, 11) is 1.65. The number of rotatable bonds is 5. The lowest BCUT2D eigenvalue weighted by Gasteiger charge is -2.11. The summed E-state index contributed by atoms with van der Waals surface area (Å²) >= 11 is 0. The van der Waals surface area contributed by atoms with E-state index in [2.05, 4.69) is 16.8 Å². The van der Waals surface area contributed by atoms with E-state index in [4.69, 9.17) is 15.2 Å². The van der Waals surface area contributed by atoms with Gasteiger partial charge in [0.25, 0.3) is 0 Å². The number of carbonyl (C=O) groups is 1. The second-order valence-corrected chi connectivity index (χ2v) is 5.82. The molecule has 0 bridgehead atoms. The summed E-state index contributed by atoms with van der Waals surface area (Å²) in [4.78, 5) is 11.7. The fourth-order valence-electron chi connectivity index (χ4n) is 3.15. The number of nitrogen functional groups attached to an aromatic ring is 1. The number of aryl methyl sites for hydroxylation is 1. The van der Waals surface area contributed by atoms with Crippen molar-refractivity contribution in [1.29, 1.82) is 0 Å². The minimum absolute atomic E-state index is 0.324. The van der Waals surface area contributed by atoms with E-state index >= 15 is 0 Å². The van der Waals surface area contributed by atoms with Crippen LogP contribution in [0.1, 0.15) is 13.8 Å². The topological polar surface area (TPSA) is 78.5 Å². The largest absolute Gasteiger partial charge is 0.497 e. The molecule has 26 heavy (non-hydrogen) atoms. The van der Waals surface area contributed by atoms with Crippen LogP contribution in [0.15, 0.2) is 42.5 Å². The third-order valence-electron chi connectivity index (χ3n) is 4.28. The molecule has 3 N–H and O–H groups in total. The summed E-state index contributed by atoms with van der Waals surface area (Å²) < 4.78 is 12.4. The van der Waals surface area contributed by atoms with E-state index in [-0.39, 0.29) is 0 Å². The molecule has 136 valence electrons. The van der Waals surface area contributed by atoms with Gasteiger partial charge in [-0.3, -0.25) is 5.32 Å². The van der Waals surface area contributed by atoms with Gasteiger partial charge in [-0.05, 0) is 38.1 Å². The third kappa shape index (κ3) is 3.18. The van der Waals surface area contributed by atoms with E-state index in [9.17, 15) is 4.79 Å². The molecular weight excluding hydrogens is 330 g/mol. The molecular formula is C20H23N3O3. The molecule has 0 saturated heterocycles. The van der Waals surface area contributed by atoms with Gasteiger partial charge in [0.1, 0.15) is 5.75 Å². The molecule has 2 aromatic carbocycles. The van der Waals surface area contributed by atoms with Crippen molar-refractivity contribution in [1.82, 2.24) is 4.57 Å². The van der Waals surface area contributed by atoms with Crippen LogP contribution in [0, 0.1) is 0 Å². The molecule has 0 fully saturated rings.